The van der Waals surface area contributed by atoms with Gasteiger partial charge >= 0.3 is 0 Å². The van der Waals surface area contributed by atoms with E-state index in [-0.39, 0.29) is 29.4 Å². The molecule has 2 fully saturated rings. The smallest absolute Gasteiger partial charge is 0.191 e. The second-order valence-corrected chi connectivity index (χ2v) is 7.92. The zero-order chi connectivity index (χ0) is 19.1. The van der Waals surface area contributed by atoms with Crippen molar-refractivity contribution in [2.45, 2.75) is 63.8 Å². The van der Waals surface area contributed by atoms with E-state index in [1.807, 2.05) is 0 Å². The number of nitrogens with zero attached hydrogens (tertiary/aromatic N) is 1. The van der Waals surface area contributed by atoms with E-state index >= 15 is 0 Å². The van der Waals surface area contributed by atoms with Crippen LogP contribution in [-0.2, 0) is 10.2 Å². The summed E-state index contributed by atoms with van der Waals surface area (Å²) in [6.07, 6.45) is 7.07. The second kappa shape index (κ2) is 11.2. The lowest BCUT2D eigenvalue weighted by Crippen LogP contribution is -2.44. The first-order valence-corrected chi connectivity index (χ1v) is 10.4. The molecule has 1 saturated carbocycles. The Morgan fingerprint density at radius 3 is 2.61 bits per heavy atom. The van der Waals surface area contributed by atoms with Crippen LogP contribution in [0.1, 0.15) is 56.6 Å². The van der Waals surface area contributed by atoms with E-state index in [0.717, 1.165) is 50.9 Å². The largest absolute Gasteiger partial charge is 0.496 e. The van der Waals surface area contributed by atoms with Crippen LogP contribution in [0.5, 0.6) is 5.75 Å². The van der Waals surface area contributed by atoms with Crippen molar-refractivity contribution in [3.8, 4) is 5.75 Å². The number of nitrogens with one attached hydrogen (secondary N) is 2. The third-order valence-electron chi connectivity index (χ3n) is 5.96. The van der Waals surface area contributed by atoms with Gasteiger partial charge in [-0.25, -0.2) is 0 Å². The zero-order valence-electron chi connectivity index (χ0n) is 17.6. The SMILES string of the molecule is CCNC(=NCC1(c2cc(C)ccc2OC)CCOCC1)NC1CCCC1.I. The molecule has 0 aromatic heterocycles. The fourth-order valence-corrected chi connectivity index (χ4v) is 4.32. The molecule has 0 spiro atoms. The second-order valence-electron chi connectivity index (χ2n) is 7.92. The number of aliphatic imine (C=N–C) groups is 1. The number of rotatable bonds is 6. The van der Waals surface area contributed by atoms with Crippen molar-refractivity contribution in [1.29, 1.82) is 0 Å². The Hall–Kier alpha value is -1.02. The summed E-state index contributed by atoms with van der Waals surface area (Å²) < 4.78 is 11.4. The number of aryl methyl sites for hydroxylation is 1. The highest BCUT2D eigenvalue weighted by Gasteiger charge is 2.37. The van der Waals surface area contributed by atoms with Gasteiger partial charge in [0.2, 0.25) is 0 Å². The van der Waals surface area contributed by atoms with Gasteiger partial charge in [-0.2, -0.15) is 0 Å². The molecule has 6 heteroatoms. The van der Waals surface area contributed by atoms with Crippen LogP contribution in [0.25, 0.3) is 0 Å². The lowest BCUT2D eigenvalue weighted by atomic mass is 9.73. The normalized spacial score (nSPS) is 19.8. The van der Waals surface area contributed by atoms with Crippen molar-refractivity contribution in [2.24, 2.45) is 4.99 Å². The maximum atomic E-state index is 5.72. The standard InChI is InChI=1S/C22H35N3O2.HI/c1-4-23-21(25-18-7-5-6-8-18)24-16-22(11-13-27-14-12-22)19-15-17(2)9-10-20(19)26-3;/h9-10,15,18H,4-8,11-14,16H2,1-3H3,(H2,23,24,25);1H. The van der Waals surface area contributed by atoms with Crippen LogP contribution in [-0.4, -0.2) is 45.4 Å². The number of guanidine groups is 1. The van der Waals surface area contributed by atoms with E-state index in [1.54, 1.807) is 7.11 Å². The Labute approximate surface area is 187 Å². The summed E-state index contributed by atoms with van der Waals surface area (Å²) in [6.45, 7) is 7.45. The Balaban J connectivity index is 0.00000280. The van der Waals surface area contributed by atoms with E-state index < -0.39 is 0 Å². The highest BCUT2D eigenvalue weighted by Crippen LogP contribution is 2.40. The maximum absolute atomic E-state index is 5.72. The van der Waals surface area contributed by atoms with Gasteiger partial charge in [0.05, 0.1) is 13.7 Å². The quantitative estimate of drug-likeness (QED) is 0.349. The Kier molecular flexibility index (Phi) is 9.34. The number of ether oxygens (including phenoxy) is 2. The minimum Gasteiger partial charge on any atom is -0.496 e. The third kappa shape index (κ3) is 5.75. The van der Waals surface area contributed by atoms with Crippen LogP contribution >= 0.6 is 24.0 Å². The van der Waals surface area contributed by atoms with Gasteiger partial charge in [0.25, 0.3) is 0 Å². The van der Waals surface area contributed by atoms with Crippen molar-refractivity contribution in [3.63, 3.8) is 0 Å². The molecule has 1 saturated heterocycles. The minimum atomic E-state index is -0.0341. The molecule has 1 aliphatic carbocycles. The molecule has 1 aliphatic heterocycles. The monoisotopic (exact) mass is 501 g/mol. The van der Waals surface area contributed by atoms with Crippen LogP contribution in [0, 0.1) is 6.92 Å². The van der Waals surface area contributed by atoms with Crippen molar-refractivity contribution < 1.29 is 9.47 Å². The van der Waals surface area contributed by atoms with Gasteiger partial charge in [-0.05, 0) is 45.6 Å². The topological polar surface area (TPSA) is 54.9 Å². The molecule has 2 N–H and O–H groups in total. The van der Waals surface area contributed by atoms with Gasteiger partial charge in [0, 0.05) is 36.8 Å². The van der Waals surface area contributed by atoms with Crippen LogP contribution in [0.2, 0.25) is 0 Å². The fourth-order valence-electron chi connectivity index (χ4n) is 4.32. The number of benzene rings is 1. The highest BCUT2D eigenvalue weighted by molar-refractivity contribution is 14.0. The predicted molar refractivity (Wildman–Crippen MR) is 126 cm³/mol. The Bertz CT molecular complexity index is 639. The van der Waals surface area contributed by atoms with Crippen molar-refractivity contribution in [1.82, 2.24) is 10.6 Å². The average molecular weight is 501 g/mol. The minimum absolute atomic E-state index is 0. The summed E-state index contributed by atoms with van der Waals surface area (Å²) in [7, 11) is 1.76. The molecule has 3 rings (SSSR count). The number of hydrogen-bond donors (Lipinski definition) is 2. The van der Waals surface area contributed by atoms with Crippen LogP contribution in [0.4, 0.5) is 0 Å². The van der Waals surface area contributed by atoms with E-state index in [9.17, 15) is 0 Å². The summed E-state index contributed by atoms with van der Waals surface area (Å²) in [4.78, 5) is 5.04. The molecule has 28 heavy (non-hydrogen) atoms. The van der Waals surface area contributed by atoms with Crippen molar-refractivity contribution in [3.05, 3.63) is 29.3 Å². The molecular weight excluding hydrogens is 465 g/mol. The molecule has 1 aromatic rings. The Morgan fingerprint density at radius 1 is 1.25 bits per heavy atom. The van der Waals surface area contributed by atoms with Gasteiger partial charge in [-0.3, -0.25) is 4.99 Å². The average Bonchev–Trinajstić information content (AvgIpc) is 3.20. The molecule has 2 aliphatic rings. The number of hydrogen-bond acceptors (Lipinski definition) is 3. The lowest BCUT2D eigenvalue weighted by Gasteiger charge is -2.37. The molecule has 5 nitrogen and oxygen atoms in total. The molecule has 1 heterocycles. The third-order valence-corrected chi connectivity index (χ3v) is 5.96. The van der Waals surface area contributed by atoms with Crippen LogP contribution in [0.15, 0.2) is 23.2 Å². The maximum Gasteiger partial charge on any atom is 0.191 e. The number of methoxy groups -OCH3 is 1. The molecule has 0 unspecified atom stereocenters. The molecule has 0 atom stereocenters. The summed E-state index contributed by atoms with van der Waals surface area (Å²) >= 11 is 0. The molecule has 158 valence electrons. The Morgan fingerprint density at radius 2 is 1.96 bits per heavy atom. The first kappa shape index (κ1) is 23.3. The molecule has 0 amide bonds. The summed E-state index contributed by atoms with van der Waals surface area (Å²) in [5.41, 5.74) is 2.50. The number of halogens is 1. The van der Waals surface area contributed by atoms with Crippen molar-refractivity contribution >= 4 is 29.9 Å². The molecule has 0 radical (unpaired) electrons. The van der Waals surface area contributed by atoms with Gasteiger partial charge in [0.15, 0.2) is 5.96 Å². The summed E-state index contributed by atoms with van der Waals surface area (Å²) in [5, 5.41) is 7.08. The molecular formula is C22H36IN3O2. The molecule has 1 aromatic carbocycles. The van der Waals surface area contributed by atoms with E-state index in [2.05, 4.69) is 42.7 Å². The first-order valence-electron chi connectivity index (χ1n) is 10.4. The van der Waals surface area contributed by atoms with Crippen molar-refractivity contribution in [2.75, 3.05) is 33.4 Å². The van der Waals surface area contributed by atoms with Gasteiger partial charge in [0.1, 0.15) is 5.75 Å². The highest BCUT2D eigenvalue weighted by atomic mass is 127. The van der Waals surface area contributed by atoms with E-state index in [4.69, 9.17) is 14.5 Å². The summed E-state index contributed by atoms with van der Waals surface area (Å²) in [6, 6.07) is 7.04. The van der Waals surface area contributed by atoms with Gasteiger partial charge in [-0.15, -0.1) is 24.0 Å². The summed E-state index contributed by atoms with van der Waals surface area (Å²) in [5.74, 6) is 1.91. The molecule has 0 bridgehead atoms. The van der Waals surface area contributed by atoms with Crippen LogP contribution < -0.4 is 15.4 Å². The first-order chi connectivity index (χ1) is 13.2. The van der Waals surface area contributed by atoms with Crippen LogP contribution in [0.3, 0.4) is 0 Å². The zero-order valence-corrected chi connectivity index (χ0v) is 19.9. The lowest BCUT2D eigenvalue weighted by molar-refractivity contribution is 0.0522. The van der Waals surface area contributed by atoms with Gasteiger partial charge in [-0.1, -0.05) is 30.5 Å². The van der Waals surface area contributed by atoms with E-state index in [0.29, 0.717) is 6.04 Å². The predicted octanol–water partition coefficient (Wildman–Crippen LogP) is 4.17. The fraction of sp³-hybridized carbons (Fsp3) is 0.682. The van der Waals surface area contributed by atoms with Gasteiger partial charge < -0.3 is 20.1 Å². The van der Waals surface area contributed by atoms with E-state index in [1.165, 1.54) is 36.8 Å².